The first-order chi connectivity index (χ1) is 9.66. The van der Waals surface area contributed by atoms with Crippen molar-refractivity contribution in [2.24, 2.45) is 0 Å². The first-order valence-corrected chi connectivity index (χ1v) is 6.83. The maximum absolute atomic E-state index is 4.76. The SMILES string of the molecule is Cc1cc2[n+](nc1C)-c1cccc3cccc(c13)N2C. The Morgan fingerprint density at radius 1 is 1.05 bits per heavy atom. The van der Waals surface area contributed by atoms with Gasteiger partial charge in [0.1, 0.15) is 5.69 Å². The van der Waals surface area contributed by atoms with E-state index in [-0.39, 0.29) is 0 Å². The predicted molar refractivity (Wildman–Crippen MR) is 80.8 cm³/mol. The zero-order chi connectivity index (χ0) is 13.9. The van der Waals surface area contributed by atoms with Gasteiger partial charge in [-0.2, -0.15) is 0 Å². The van der Waals surface area contributed by atoms with Gasteiger partial charge >= 0.3 is 5.82 Å². The standard InChI is InChI=1S/C17H16N3/c1-11-10-16-19(3)14-8-4-6-13-7-5-9-15(17(13)14)20(16)18-12(11)2/h4-10H,1-3H3/q+1. The van der Waals surface area contributed by atoms with Gasteiger partial charge in [0, 0.05) is 6.07 Å². The molecule has 0 bridgehead atoms. The maximum atomic E-state index is 4.76. The minimum Gasteiger partial charge on any atom is -0.227 e. The van der Waals surface area contributed by atoms with Crippen LogP contribution in [0.4, 0.5) is 11.5 Å². The molecule has 4 rings (SSSR count). The fraction of sp³-hybridized carbons (Fsp3) is 0.176. The molecule has 1 aliphatic heterocycles. The Morgan fingerprint density at radius 3 is 2.60 bits per heavy atom. The lowest BCUT2D eigenvalue weighted by Gasteiger charge is -2.22. The van der Waals surface area contributed by atoms with E-state index in [1.165, 1.54) is 22.0 Å². The summed E-state index contributed by atoms with van der Waals surface area (Å²) in [5.74, 6) is 1.11. The molecule has 0 saturated heterocycles. The van der Waals surface area contributed by atoms with E-state index in [0.29, 0.717) is 0 Å². The molecule has 0 aliphatic carbocycles. The monoisotopic (exact) mass is 262 g/mol. The van der Waals surface area contributed by atoms with E-state index in [0.717, 1.165) is 17.2 Å². The molecular weight excluding hydrogens is 246 g/mol. The number of hydrogen-bond acceptors (Lipinski definition) is 2. The smallest absolute Gasteiger partial charge is 0.227 e. The van der Waals surface area contributed by atoms with Crippen molar-refractivity contribution >= 4 is 22.3 Å². The van der Waals surface area contributed by atoms with Gasteiger partial charge in [-0.05, 0) is 36.9 Å². The Kier molecular flexibility index (Phi) is 2.16. The van der Waals surface area contributed by atoms with Gasteiger partial charge in [0.2, 0.25) is 0 Å². The van der Waals surface area contributed by atoms with E-state index in [4.69, 9.17) is 5.10 Å². The normalized spacial score (nSPS) is 12.7. The average Bonchev–Trinajstić information content (AvgIpc) is 2.46. The molecule has 2 heterocycles. The lowest BCUT2D eigenvalue weighted by molar-refractivity contribution is -0.646. The number of benzene rings is 2. The largest absolute Gasteiger partial charge is 0.308 e. The van der Waals surface area contributed by atoms with Gasteiger partial charge in [-0.1, -0.05) is 34.0 Å². The quantitative estimate of drug-likeness (QED) is 0.580. The highest BCUT2D eigenvalue weighted by Gasteiger charge is 2.30. The molecule has 98 valence electrons. The fourth-order valence-electron chi connectivity index (χ4n) is 2.94. The van der Waals surface area contributed by atoms with Gasteiger partial charge in [0.15, 0.2) is 5.69 Å². The van der Waals surface area contributed by atoms with Crippen LogP contribution in [-0.4, -0.2) is 12.1 Å². The van der Waals surface area contributed by atoms with E-state index in [1.807, 2.05) is 0 Å². The number of rotatable bonds is 0. The lowest BCUT2D eigenvalue weighted by atomic mass is 10.0. The predicted octanol–water partition coefficient (Wildman–Crippen LogP) is 3.21. The zero-order valence-electron chi connectivity index (χ0n) is 11.9. The van der Waals surface area contributed by atoms with Crippen LogP contribution in [0.2, 0.25) is 0 Å². The highest BCUT2D eigenvalue weighted by Crippen LogP contribution is 2.36. The summed E-state index contributed by atoms with van der Waals surface area (Å²) in [6.07, 6.45) is 0. The topological polar surface area (TPSA) is 20.0 Å². The average molecular weight is 262 g/mol. The Labute approximate surface area is 118 Å². The van der Waals surface area contributed by atoms with E-state index in [9.17, 15) is 0 Å². The summed E-state index contributed by atoms with van der Waals surface area (Å²) in [4.78, 5) is 2.22. The number of aryl methyl sites for hydroxylation is 2. The number of fused-ring (bicyclic) bond motifs is 2. The Bertz CT molecular complexity index is 847. The summed E-state index contributed by atoms with van der Waals surface area (Å²) in [5.41, 5.74) is 4.69. The number of nitrogens with zero attached hydrogens (tertiary/aromatic N) is 3. The molecule has 1 aromatic heterocycles. The Morgan fingerprint density at radius 2 is 1.80 bits per heavy atom. The molecule has 0 N–H and O–H groups in total. The second-order valence-electron chi connectivity index (χ2n) is 5.39. The molecule has 0 fully saturated rings. The summed E-state index contributed by atoms with van der Waals surface area (Å²) in [6, 6.07) is 15.0. The molecular formula is C17H16N3+. The number of aromatic nitrogens is 2. The van der Waals surface area contributed by atoms with Crippen LogP contribution in [0.1, 0.15) is 11.3 Å². The number of anilines is 2. The van der Waals surface area contributed by atoms with Crippen LogP contribution in [0.25, 0.3) is 16.5 Å². The molecule has 0 unspecified atom stereocenters. The van der Waals surface area contributed by atoms with Crippen molar-refractivity contribution in [1.29, 1.82) is 0 Å². The minimum atomic E-state index is 1.07. The Balaban J connectivity index is 2.20. The lowest BCUT2D eigenvalue weighted by Crippen LogP contribution is -2.44. The minimum absolute atomic E-state index is 1.07. The van der Waals surface area contributed by atoms with E-state index >= 15 is 0 Å². The molecule has 1 aliphatic rings. The van der Waals surface area contributed by atoms with Crippen LogP contribution < -0.4 is 9.58 Å². The summed E-state index contributed by atoms with van der Waals surface area (Å²) >= 11 is 0. The van der Waals surface area contributed by atoms with Crippen LogP contribution >= 0.6 is 0 Å². The van der Waals surface area contributed by atoms with E-state index < -0.39 is 0 Å². The molecule has 3 nitrogen and oxygen atoms in total. The molecule has 0 spiro atoms. The fourth-order valence-corrected chi connectivity index (χ4v) is 2.94. The van der Waals surface area contributed by atoms with Gasteiger partial charge in [0.05, 0.1) is 18.1 Å². The molecule has 3 heteroatoms. The molecule has 0 amide bonds. The summed E-state index contributed by atoms with van der Waals surface area (Å²) in [5, 5.41) is 7.29. The van der Waals surface area contributed by atoms with Crippen LogP contribution in [0.3, 0.4) is 0 Å². The van der Waals surface area contributed by atoms with Crippen LogP contribution in [0.15, 0.2) is 42.5 Å². The van der Waals surface area contributed by atoms with Crippen molar-refractivity contribution in [3.8, 4) is 5.69 Å². The number of hydrogen-bond donors (Lipinski definition) is 0. The van der Waals surface area contributed by atoms with Gasteiger partial charge in [0.25, 0.3) is 0 Å². The van der Waals surface area contributed by atoms with Gasteiger partial charge in [-0.3, -0.25) is 0 Å². The second-order valence-corrected chi connectivity index (χ2v) is 5.39. The second kappa shape index (κ2) is 3.79. The summed E-state index contributed by atoms with van der Waals surface area (Å²) in [7, 11) is 2.10. The molecule has 0 saturated carbocycles. The third-order valence-corrected chi connectivity index (χ3v) is 4.18. The highest BCUT2D eigenvalue weighted by atomic mass is 15.4. The van der Waals surface area contributed by atoms with Crippen molar-refractivity contribution in [1.82, 2.24) is 5.10 Å². The van der Waals surface area contributed by atoms with Crippen molar-refractivity contribution in [3.63, 3.8) is 0 Å². The maximum Gasteiger partial charge on any atom is 0.308 e. The van der Waals surface area contributed by atoms with Crippen molar-refractivity contribution in [3.05, 3.63) is 53.7 Å². The van der Waals surface area contributed by atoms with Gasteiger partial charge in [-0.15, -0.1) is 0 Å². The third kappa shape index (κ3) is 1.35. The molecule has 0 radical (unpaired) electrons. The van der Waals surface area contributed by atoms with E-state index in [1.54, 1.807) is 0 Å². The molecule has 0 atom stereocenters. The van der Waals surface area contributed by atoms with E-state index in [2.05, 4.69) is 72.9 Å². The van der Waals surface area contributed by atoms with Gasteiger partial charge < -0.3 is 0 Å². The van der Waals surface area contributed by atoms with Crippen LogP contribution in [0, 0.1) is 13.8 Å². The van der Waals surface area contributed by atoms with Crippen LogP contribution in [-0.2, 0) is 0 Å². The first-order valence-electron chi connectivity index (χ1n) is 6.83. The summed E-state index contributed by atoms with van der Waals surface area (Å²) in [6.45, 7) is 4.17. The first kappa shape index (κ1) is 11.4. The van der Waals surface area contributed by atoms with Crippen molar-refractivity contribution in [2.45, 2.75) is 13.8 Å². The van der Waals surface area contributed by atoms with Gasteiger partial charge in [-0.25, -0.2) is 4.90 Å². The van der Waals surface area contributed by atoms with Crippen molar-refractivity contribution < 1.29 is 4.68 Å². The zero-order valence-corrected chi connectivity index (χ0v) is 11.9. The van der Waals surface area contributed by atoms with Crippen molar-refractivity contribution in [2.75, 3.05) is 11.9 Å². The highest BCUT2D eigenvalue weighted by molar-refractivity contribution is 6.01. The Hall–Kier alpha value is -2.42. The summed E-state index contributed by atoms with van der Waals surface area (Å²) < 4.78 is 2.05. The molecule has 3 aromatic rings. The molecule has 20 heavy (non-hydrogen) atoms. The third-order valence-electron chi connectivity index (χ3n) is 4.18. The van der Waals surface area contributed by atoms with Crippen LogP contribution in [0.5, 0.6) is 0 Å². The molecule has 2 aromatic carbocycles.